The van der Waals surface area contributed by atoms with E-state index in [0.29, 0.717) is 13.2 Å². The fraction of sp³-hybridized carbons (Fsp3) is 0.571. The molecule has 0 bridgehead atoms. The van der Waals surface area contributed by atoms with Crippen LogP contribution in [0.5, 0.6) is 11.5 Å². The van der Waals surface area contributed by atoms with Crippen LogP contribution in [0.3, 0.4) is 0 Å². The van der Waals surface area contributed by atoms with Crippen molar-refractivity contribution in [1.82, 2.24) is 0 Å². The number of rotatable bonds is 6. The van der Waals surface area contributed by atoms with Crippen molar-refractivity contribution in [1.29, 1.82) is 0 Å². The highest BCUT2D eigenvalue weighted by Gasteiger charge is 2.45. The second kappa shape index (κ2) is 5.16. The standard InChI is InChI=1S/C14H21NO3/c1-16-8-10-11(14(9-15)6-7-14)4-5-12(17-2)13(10)18-3/h4-5H,6-9,15H2,1-3H3. The number of hydrogen-bond donors (Lipinski definition) is 1. The first kappa shape index (κ1) is 13.2. The van der Waals surface area contributed by atoms with Crippen molar-refractivity contribution in [3.8, 4) is 11.5 Å². The quantitative estimate of drug-likeness (QED) is 0.838. The summed E-state index contributed by atoms with van der Waals surface area (Å²) in [4.78, 5) is 0. The van der Waals surface area contributed by atoms with Crippen molar-refractivity contribution in [3.63, 3.8) is 0 Å². The summed E-state index contributed by atoms with van der Waals surface area (Å²) in [5, 5.41) is 0. The maximum absolute atomic E-state index is 5.92. The van der Waals surface area contributed by atoms with Crippen LogP contribution >= 0.6 is 0 Å². The molecule has 0 amide bonds. The van der Waals surface area contributed by atoms with Crippen LogP contribution < -0.4 is 15.2 Å². The van der Waals surface area contributed by atoms with E-state index in [-0.39, 0.29) is 5.41 Å². The first-order valence-corrected chi connectivity index (χ1v) is 6.15. The largest absolute Gasteiger partial charge is 0.493 e. The van der Waals surface area contributed by atoms with Crippen molar-refractivity contribution in [2.45, 2.75) is 24.9 Å². The maximum atomic E-state index is 5.92. The van der Waals surface area contributed by atoms with Gasteiger partial charge in [0, 0.05) is 24.6 Å². The lowest BCUT2D eigenvalue weighted by Crippen LogP contribution is -2.22. The lowest BCUT2D eigenvalue weighted by Gasteiger charge is -2.21. The Labute approximate surface area is 108 Å². The molecule has 2 N–H and O–H groups in total. The molecule has 0 heterocycles. The molecule has 0 atom stereocenters. The predicted molar refractivity (Wildman–Crippen MR) is 70.2 cm³/mol. The SMILES string of the molecule is COCc1c(C2(CN)CC2)ccc(OC)c1OC. The Morgan fingerprint density at radius 1 is 1.17 bits per heavy atom. The molecule has 0 aromatic heterocycles. The van der Waals surface area contributed by atoms with Crippen molar-refractivity contribution < 1.29 is 14.2 Å². The maximum Gasteiger partial charge on any atom is 0.166 e. The first-order chi connectivity index (χ1) is 8.72. The molecule has 4 nitrogen and oxygen atoms in total. The van der Waals surface area contributed by atoms with E-state index in [0.717, 1.165) is 29.9 Å². The van der Waals surface area contributed by atoms with Crippen LogP contribution in [0.1, 0.15) is 24.0 Å². The third-order valence-electron chi connectivity index (χ3n) is 3.75. The van der Waals surface area contributed by atoms with Gasteiger partial charge in [-0.3, -0.25) is 0 Å². The van der Waals surface area contributed by atoms with E-state index in [4.69, 9.17) is 19.9 Å². The number of hydrogen-bond acceptors (Lipinski definition) is 4. The lowest BCUT2D eigenvalue weighted by atomic mass is 9.90. The molecule has 0 saturated heterocycles. The zero-order valence-corrected chi connectivity index (χ0v) is 11.3. The summed E-state index contributed by atoms with van der Waals surface area (Å²) in [6, 6.07) is 4.04. The fourth-order valence-electron chi connectivity index (χ4n) is 2.51. The molecule has 18 heavy (non-hydrogen) atoms. The minimum absolute atomic E-state index is 0.118. The normalized spacial score (nSPS) is 16.4. The Morgan fingerprint density at radius 3 is 2.33 bits per heavy atom. The van der Waals surface area contributed by atoms with Gasteiger partial charge in [0.2, 0.25) is 0 Å². The summed E-state index contributed by atoms with van der Waals surface area (Å²) in [5.41, 5.74) is 8.33. The van der Waals surface area contributed by atoms with E-state index >= 15 is 0 Å². The van der Waals surface area contributed by atoms with Gasteiger partial charge in [0.15, 0.2) is 11.5 Å². The number of nitrogens with two attached hydrogens (primary N) is 1. The van der Waals surface area contributed by atoms with Gasteiger partial charge in [0.25, 0.3) is 0 Å². The molecule has 0 unspecified atom stereocenters. The summed E-state index contributed by atoms with van der Waals surface area (Å²) >= 11 is 0. The second-order valence-electron chi connectivity index (χ2n) is 4.74. The van der Waals surface area contributed by atoms with Gasteiger partial charge in [-0.1, -0.05) is 6.07 Å². The average molecular weight is 251 g/mol. The van der Waals surface area contributed by atoms with Gasteiger partial charge in [-0.2, -0.15) is 0 Å². The Balaban J connectivity index is 2.52. The van der Waals surface area contributed by atoms with E-state index < -0.39 is 0 Å². The van der Waals surface area contributed by atoms with Crippen LogP contribution in [-0.2, 0) is 16.8 Å². The third-order valence-corrected chi connectivity index (χ3v) is 3.75. The Morgan fingerprint density at radius 2 is 1.89 bits per heavy atom. The van der Waals surface area contributed by atoms with Crippen molar-refractivity contribution in [3.05, 3.63) is 23.3 Å². The minimum atomic E-state index is 0.118. The molecule has 0 aliphatic heterocycles. The van der Waals surface area contributed by atoms with E-state index in [2.05, 4.69) is 6.07 Å². The molecule has 0 radical (unpaired) electrons. The van der Waals surface area contributed by atoms with E-state index in [1.165, 1.54) is 5.56 Å². The topological polar surface area (TPSA) is 53.7 Å². The highest BCUT2D eigenvalue weighted by atomic mass is 16.5. The van der Waals surface area contributed by atoms with Gasteiger partial charge in [0.1, 0.15) is 0 Å². The average Bonchev–Trinajstić information content (AvgIpc) is 3.19. The summed E-state index contributed by atoms with van der Waals surface area (Å²) < 4.78 is 16.1. The Hall–Kier alpha value is -1.26. The summed E-state index contributed by atoms with van der Waals surface area (Å²) in [5.74, 6) is 1.50. The van der Waals surface area contributed by atoms with Gasteiger partial charge >= 0.3 is 0 Å². The van der Waals surface area contributed by atoms with Gasteiger partial charge < -0.3 is 19.9 Å². The van der Waals surface area contributed by atoms with Crippen LogP contribution in [0.25, 0.3) is 0 Å². The third kappa shape index (κ3) is 2.06. The molecule has 1 fully saturated rings. The molecule has 1 aromatic carbocycles. The van der Waals surface area contributed by atoms with Crippen LogP contribution in [0.4, 0.5) is 0 Å². The van der Waals surface area contributed by atoms with Crippen LogP contribution in [-0.4, -0.2) is 27.9 Å². The highest BCUT2D eigenvalue weighted by molar-refractivity contribution is 5.54. The number of ether oxygens (including phenoxy) is 3. The van der Waals surface area contributed by atoms with Crippen LogP contribution in [0.2, 0.25) is 0 Å². The smallest absolute Gasteiger partial charge is 0.166 e. The summed E-state index contributed by atoms with van der Waals surface area (Å²) in [6.07, 6.45) is 2.27. The Kier molecular flexibility index (Phi) is 3.78. The minimum Gasteiger partial charge on any atom is -0.493 e. The van der Waals surface area contributed by atoms with Gasteiger partial charge in [0.05, 0.1) is 20.8 Å². The van der Waals surface area contributed by atoms with Crippen LogP contribution in [0.15, 0.2) is 12.1 Å². The predicted octanol–water partition coefficient (Wildman–Crippen LogP) is 1.84. The lowest BCUT2D eigenvalue weighted by molar-refractivity contribution is 0.179. The summed E-state index contributed by atoms with van der Waals surface area (Å²) in [6.45, 7) is 1.18. The van der Waals surface area contributed by atoms with Crippen molar-refractivity contribution in [2.24, 2.45) is 5.73 Å². The molecule has 4 heteroatoms. The summed E-state index contributed by atoms with van der Waals surface area (Å²) in [7, 11) is 4.98. The monoisotopic (exact) mass is 251 g/mol. The van der Waals surface area contributed by atoms with E-state index in [1.807, 2.05) is 6.07 Å². The molecular weight excluding hydrogens is 230 g/mol. The van der Waals surface area contributed by atoms with Gasteiger partial charge in [-0.15, -0.1) is 0 Å². The van der Waals surface area contributed by atoms with Gasteiger partial charge in [-0.25, -0.2) is 0 Å². The number of benzene rings is 1. The molecule has 1 aromatic rings. The molecule has 1 aliphatic carbocycles. The highest BCUT2D eigenvalue weighted by Crippen LogP contribution is 2.51. The zero-order valence-electron chi connectivity index (χ0n) is 11.3. The molecule has 1 saturated carbocycles. The van der Waals surface area contributed by atoms with Crippen LogP contribution in [0, 0.1) is 0 Å². The van der Waals surface area contributed by atoms with Gasteiger partial charge in [-0.05, 0) is 24.5 Å². The Bertz CT molecular complexity index is 427. The molecular formula is C14H21NO3. The van der Waals surface area contributed by atoms with Crippen molar-refractivity contribution in [2.75, 3.05) is 27.9 Å². The molecule has 1 aliphatic rings. The molecule has 0 spiro atoms. The molecule has 2 rings (SSSR count). The van der Waals surface area contributed by atoms with E-state index in [9.17, 15) is 0 Å². The molecule has 100 valence electrons. The zero-order chi connectivity index (χ0) is 13.2. The first-order valence-electron chi connectivity index (χ1n) is 6.15. The van der Waals surface area contributed by atoms with Crippen molar-refractivity contribution >= 4 is 0 Å². The number of methoxy groups -OCH3 is 3. The fourth-order valence-corrected chi connectivity index (χ4v) is 2.51. The van der Waals surface area contributed by atoms with E-state index in [1.54, 1.807) is 21.3 Å². The second-order valence-corrected chi connectivity index (χ2v) is 4.74.